The molecule has 1 saturated heterocycles. The first-order valence-corrected chi connectivity index (χ1v) is 8.02. The van der Waals surface area contributed by atoms with Crippen molar-refractivity contribution in [3.63, 3.8) is 0 Å². The molecule has 1 aromatic carbocycles. The number of halogens is 2. The van der Waals surface area contributed by atoms with Gasteiger partial charge in [0.25, 0.3) is 5.91 Å². The number of aromatic nitrogens is 2. The molecule has 1 saturated carbocycles. The molecule has 2 heterocycles. The van der Waals surface area contributed by atoms with Crippen LogP contribution in [0.3, 0.4) is 0 Å². The quantitative estimate of drug-likeness (QED) is 0.865. The minimum absolute atomic E-state index is 0.00277. The summed E-state index contributed by atoms with van der Waals surface area (Å²) in [7, 11) is 0. The summed E-state index contributed by atoms with van der Waals surface area (Å²) >= 11 is 0. The Morgan fingerprint density at radius 3 is 2.72 bits per heavy atom. The van der Waals surface area contributed by atoms with Crippen LogP contribution in [0.25, 0.3) is 5.69 Å². The van der Waals surface area contributed by atoms with E-state index in [1.807, 2.05) is 0 Å². The number of imide groups is 1. The molecular weight excluding hydrogens is 330 g/mol. The molecule has 1 atom stereocenters. The number of hydrogen-bond donors (Lipinski definition) is 1. The van der Waals surface area contributed by atoms with E-state index in [1.165, 1.54) is 16.9 Å². The van der Waals surface area contributed by atoms with E-state index in [4.69, 9.17) is 0 Å². The molecule has 1 aromatic heterocycles. The van der Waals surface area contributed by atoms with Crippen LogP contribution in [-0.4, -0.2) is 32.2 Å². The Kier molecular flexibility index (Phi) is 3.38. The molecule has 2 aromatic rings. The summed E-state index contributed by atoms with van der Waals surface area (Å²) in [4.78, 5) is 25.9. The van der Waals surface area contributed by atoms with Crippen LogP contribution in [0, 0.1) is 17.6 Å². The fourth-order valence-electron chi connectivity index (χ4n) is 3.21. The van der Waals surface area contributed by atoms with Crippen molar-refractivity contribution >= 4 is 11.9 Å². The van der Waals surface area contributed by atoms with Gasteiger partial charge in [0.05, 0.1) is 12.2 Å². The summed E-state index contributed by atoms with van der Waals surface area (Å²) in [6, 6.07) is 4.34. The summed E-state index contributed by atoms with van der Waals surface area (Å²) < 4.78 is 28.1. The van der Waals surface area contributed by atoms with Gasteiger partial charge in [0.15, 0.2) is 5.82 Å². The molecule has 3 amide bonds. The molecule has 4 rings (SSSR count). The highest BCUT2D eigenvalue weighted by Gasteiger charge is 2.55. The Bertz CT molecular complexity index is 877. The van der Waals surface area contributed by atoms with E-state index in [9.17, 15) is 18.4 Å². The lowest BCUT2D eigenvalue weighted by atomic mass is 9.96. The SMILES string of the molecule is CC1(C2CC2)NC(=O)N(Cc2ccn(-c3ccc(F)cc3F)n2)C1=O. The normalized spacial score (nSPS) is 23.2. The maximum atomic E-state index is 13.8. The molecule has 6 nitrogen and oxygen atoms in total. The third-order valence-electron chi connectivity index (χ3n) is 4.82. The molecule has 1 N–H and O–H groups in total. The fraction of sp³-hybridized carbons (Fsp3) is 0.353. The van der Waals surface area contributed by atoms with E-state index < -0.39 is 23.2 Å². The highest BCUT2D eigenvalue weighted by molar-refractivity contribution is 6.07. The van der Waals surface area contributed by atoms with E-state index in [0.29, 0.717) is 5.69 Å². The Morgan fingerprint density at radius 2 is 2.04 bits per heavy atom. The summed E-state index contributed by atoms with van der Waals surface area (Å²) in [5, 5.41) is 6.96. The zero-order valence-electron chi connectivity index (χ0n) is 13.5. The standard InChI is InChI=1S/C17H16F2N4O2/c1-17(10-2-3-10)15(24)22(16(25)20-17)9-12-6-7-23(21-12)14-5-4-11(18)8-13(14)19/h4-8,10H,2-3,9H2,1H3,(H,20,25). The zero-order chi connectivity index (χ0) is 17.8. The molecule has 0 spiro atoms. The number of carbonyl (C=O) groups is 2. The van der Waals surface area contributed by atoms with E-state index in [2.05, 4.69) is 10.4 Å². The Morgan fingerprint density at radius 1 is 1.28 bits per heavy atom. The monoisotopic (exact) mass is 346 g/mol. The molecule has 0 bridgehead atoms. The molecule has 0 radical (unpaired) electrons. The third-order valence-corrected chi connectivity index (χ3v) is 4.82. The van der Waals surface area contributed by atoms with Crippen LogP contribution in [0.15, 0.2) is 30.5 Å². The second-order valence-corrected chi connectivity index (χ2v) is 6.65. The predicted molar refractivity (Wildman–Crippen MR) is 83.7 cm³/mol. The topological polar surface area (TPSA) is 67.2 Å². The first kappa shape index (κ1) is 15.7. The van der Waals surface area contributed by atoms with E-state index in [0.717, 1.165) is 29.9 Å². The fourth-order valence-corrected chi connectivity index (χ4v) is 3.21. The molecule has 25 heavy (non-hydrogen) atoms. The lowest BCUT2D eigenvalue weighted by Crippen LogP contribution is -2.46. The van der Waals surface area contributed by atoms with Crippen LogP contribution < -0.4 is 5.32 Å². The van der Waals surface area contributed by atoms with Crippen LogP contribution in [0.1, 0.15) is 25.5 Å². The lowest BCUT2D eigenvalue weighted by molar-refractivity contribution is -0.131. The van der Waals surface area contributed by atoms with Gasteiger partial charge in [-0.1, -0.05) is 0 Å². The second kappa shape index (κ2) is 5.37. The van der Waals surface area contributed by atoms with Gasteiger partial charge in [0, 0.05) is 12.3 Å². The van der Waals surface area contributed by atoms with E-state index >= 15 is 0 Å². The molecule has 2 aliphatic rings. The second-order valence-electron chi connectivity index (χ2n) is 6.65. The van der Waals surface area contributed by atoms with Crippen LogP contribution in [0.5, 0.6) is 0 Å². The average Bonchev–Trinajstić information content (AvgIpc) is 3.28. The maximum absolute atomic E-state index is 13.8. The van der Waals surface area contributed by atoms with Crippen LogP contribution in [0.4, 0.5) is 13.6 Å². The first-order chi connectivity index (χ1) is 11.9. The smallest absolute Gasteiger partial charge is 0.323 e. The Hall–Kier alpha value is -2.77. The number of benzene rings is 1. The summed E-state index contributed by atoms with van der Waals surface area (Å²) in [5.41, 5.74) is -0.317. The largest absolute Gasteiger partial charge is 0.325 e. The number of rotatable bonds is 4. The molecular formula is C17H16F2N4O2. The predicted octanol–water partition coefficient (Wildman–Crippen LogP) is 2.37. The molecule has 2 fully saturated rings. The van der Waals surface area contributed by atoms with Crippen molar-refractivity contribution < 1.29 is 18.4 Å². The number of hydrogen-bond acceptors (Lipinski definition) is 3. The van der Waals surface area contributed by atoms with E-state index in [1.54, 1.807) is 13.0 Å². The number of nitrogens with one attached hydrogen (secondary N) is 1. The van der Waals surface area contributed by atoms with Crippen LogP contribution in [0.2, 0.25) is 0 Å². The highest BCUT2D eigenvalue weighted by Crippen LogP contribution is 2.42. The number of nitrogens with zero attached hydrogens (tertiary/aromatic N) is 3. The molecule has 130 valence electrons. The van der Waals surface area contributed by atoms with Gasteiger partial charge in [0.2, 0.25) is 0 Å². The Labute approximate surface area is 142 Å². The van der Waals surface area contributed by atoms with Crippen molar-refractivity contribution in [2.45, 2.75) is 31.8 Å². The van der Waals surface area contributed by atoms with Gasteiger partial charge in [0.1, 0.15) is 17.0 Å². The van der Waals surface area contributed by atoms with Gasteiger partial charge < -0.3 is 5.32 Å². The maximum Gasteiger partial charge on any atom is 0.325 e. The number of urea groups is 1. The van der Waals surface area contributed by atoms with Gasteiger partial charge in [-0.05, 0) is 43.9 Å². The number of amides is 3. The average molecular weight is 346 g/mol. The van der Waals surface area contributed by atoms with Crippen molar-refractivity contribution in [3.05, 3.63) is 47.8 Å². The van der Waals surface area contributed by atoms with Crippen molar-refractivity contribution in [2.24, 2.45) is 5.92 Å². The molecule has 8 heteroatoms. The highest BCUT2D eigenvalue weighted by atomic mass is 19.1. The van der Waals surface area contributed by atoms with Crippen molar-refractivity contribution in [2.75, 3.05) is 0 Å². The number of carbonyl (C=O) groups excluding carboxylic acids is 2. The molecule has 1 unspecified atom stereocenters. The zero-order valence-corrected chi connectivity index (χ0v) is 13.5. The Balaban J connectivity index is 1.55. The van der Waals surface area contributed by atoms with Gasteiger partial charge >= 0.3 is 6.03 Å². The minimum Gasteiger partial charge on any atom is -0.323 e. The lowest BCUT2D eigenvalue weighted by Gasteiger charge is -2.20. The van der Waals surface area contributed by atoms with Gasteiger partial charge in [-0.25, -0.2) is 18.3 Å². The van der Waals surface area contributed by atoms with E-state index in [-0.39, 0.29) is 24.1 Å². The minimum atomic E-state index is -0.845. The van der Waals surface area contributed by atoms with Crippen molar-refractivity contribution in [3.8, 4) is 5.69 Å². The summed E-state index contributed by atoms with van der Waals surface area (Å²) in [6.07, 6.45) is 3.36. The van der Waals surface area contributed by atoms with Gasteiger partial charge in [-0.3, -0.25) is 9.69 Å². The van der Waals surface area contributed by atoms with Crippen molar-refractivity contribution in [1.29, 1.82) is 0 Å². The first-order valence-electron chi connectivity index (χ1n) is 8.02. The molecule has 1 aliphatic carbocycles. The van der Waals surface area contributed by atoms with Gasteiger partial charge in [-0.2, -0.15) is 5.10 Å². The van der Waals surface area contributed by atoms with Crippen molar-refractivity contribution in [1.82, 2.24) is 20.0 Å². The summed E-state index contributed by atoms with van der Waals surface area (Å²) in [5.74, 6) is -1.50. The van der Waals surface area contributed by atoms with Crippen LogP contribution >= 0.6 is 0 Å². The van der Waals surface area contributed by atoms with Crippen LogP contribution in [-0.2, 0) is 11.3 Å². The van der Waals surface area contributed by atoms with Gasteiger partial charge in [-0.15, -0.1) is 0 Å². The molecule has 1 aliphatic heterocycles. The third kappa shape index (κ3) is 2.57. The summed E-state index contributed by atoms with van der Waals surface area (Å²) in [6.45, 7) is 1.75.